The van der Waals surface area contributed by atoms with Crippen LogP contribution in [0.5, 0.6) is 0 Å². The molecule has 0 bridgehead atoms. The zero-order chi connectivity index (χ0) is 16.0. The van der Waals surface area contributed by atoms with E-state index in [9.17, 15) is 19.7 Å². The second kappa shape index (κ2) is 7.63. The van der Waals surface area contributed by atoms with E-state index >= 15 is 0 Å². The molecule has 0 aliphatic heterocycles. The predicted molar refractivity (Wildman–Crippen MR) is 78.7 cm³/mol. The number of rotatable bonds is 7. The average molecular weight is 312 g/mol. The fraction of sp³-hybridized carbons (Fsp3) is 0.385. The fourth-order valence-corrected chi connectivity index (χ4v) is 2.19. The topological polar surface area (TPSA) is 101 Å². The zero-order valence-corrected chi connectivity index (χ0v) is 12.6. The molecule has 0 aliphatic carbocycles. The Bertz CT molecular complexity index is 561. The summed E-state index contributed by atoms with van der Waals surface area (Å²) in [7, 11) is 1.50. The Morgan fingerprint density at radius 1 is 1.43 bits per heavy atom. The molecule has 1 rings (SSSR count). The maximum atomic E-state index is 12.3. The molecule has 1 aromatic carbocycles. The molecule has 0 atom stereocenters. The molecule has 0 spiro atoms. The number of thioether (sulfide) groups is 1. The molecule has 0 radical (unpaired) electrons. The third-order valence-corrected chi connectivity index (χ3v) is 3.59. The van der Waals surface area contributed by atoms with Gasteiger partial charge in [0.1, 0.15) is 5.56 Å². The van der Waals surface area contributed by atoms with Crippen LogP contribution in [0.25, 0.3) is 0 Å². The van der Waals surface area contributed by atoms with Crippen molar-refractivity contribution in [3.8, 4) is 0 Å². The van der Waals surface area contributed by atoms with Crippen molar-refractivity contribution in [2.45, 2.75) is 17.7 Å². The van der Waals surface area contributed by atoms with Gasteiger partial charge in [-0.25, -0.2) is 0 Å². The Kier molecular flexibility index (Phi) is 6.16. The summed E-state index contributed by atoms with van der Waals surface area (Å²) >= 11 is 1.38. The number of carbonyl (C=O) groups excluding carboxylic acids is 1. The van der Waals surface area contributed by atoms with Gasteiger partial charge in [-0.05, 0) is 24.8 Å². The third-order valence-electron chi connectivity index (χ3n) is 2.86. The van der Waals surface area contributed by atoms with Crippen LogP contribution in [0.3, 0.4) is 0 Å². The second-order valence-electron chi connectivity index (χ2n) is 4.36. The van der Waals surface area contributed by atoms with E-state index in [2.05, 4.69) is 0 Å². The highest BCUT2D eigenvalue weighted by Gasteiger charge is 2.23. The van der Waals surface area contributed by atoms with Gasteiger partial charge in [0.25, 0.3) is 11.6 Å². The van der Waals surface area contributed by atoms with E-state index in [-0.39, 0.29) is 24.2 Å². The van der Waals surface area contributed by atoms with E-state index < -0.39 is 16.8 Å². The number of hydrogen-bond acceptors (Lipinski definition) is 5. The lowest BCUT2D eigenvalue weighted by molar-refractivity contribution is -0.385. The van der Waals surface area contributed by atoms with Crippen molar-refractivity contribution < 1.29 is 19.6 Å². The second-order valence-corrected chi connectivity index (χ2v) is 5.24. The fourth-order valence-electron chi connectivity index (χ4n) is 1.75. The number of nitrogens with zero attached hydrogens (tertiary/aromatic N) is 2. The highest BCUT2D eigenvalue weighted by atomic mass is 32.2. The first kappa shape index (κ1) is 17.0. The molecular weight excluding hydrogens is 296 g/mol. The normalized spacial score (nSPS) is 10.2. The van der Waals surface area contributed by atoms with Crippen LogP contribution in [-0.2, 0) is 4.79 Å². The van der Waals surface area contributed by atoms with Crippen molar-refractivity contribution in [2.24, 2.45) is 0 Å². The Hall–Kier alpha value is -2.09. The van der Waals surface area contributed by atoms with Crippen LogP contribution in [0, 0.1) is 10.1 Å². The molecule has 0 saturated carbocycles. The van der Waals surface area contributed by atoms with Crippen LogP contribution in [0.1, 0.15) is 23.2 Å². The summed E-state index contributed by atoms with van der Waals surface area (Å²) in [6.07, 6.45) is 2.06. The quantitative estimate of drug-likeness (QED) is 0.471. The minimum absolute atomic E-state index is 0.0182. The molecule has 1 aromatic rings. The maximum absolute atomic E-state index is 12.3. The molecule has 7 nitrogen and oxygen atoms in total. The largest absolute Gasteiger partial charge is 0.481 e. The van der Waals surface area contributed by atoms with Gasteiger partial charge in [0.05, 0.1) is 4.92 Å². The van der Waals surface area contributed by atoms with Gasteiger partial charge in [-0.2, -0.15) is 0 Å². The van der Waals surface area contributed by atoms with Crippen LogP contribution in [0.2, 0.25) is 0 Å². The molecular formula is C13H16N2O5S. The van der Waals surface area contributed by atoms with Crippen molar-refractivity contribution in [3.05, 3.63) is 33.9 Å². The van der Waals surface area contributed by atoms with Crippen molar-refractivity contribution >= 4 is 29.3 Å². The highest BCUT2D eigenvalue weighted by molar-refractivity contribution is 7.98. The lowest BCUT2D eigenvalue weighted by Crippen LogP contribution is -2.28. The Morgan fingerprint density at radius 3 is 2.62 bits per heavy atom. The number of benzene rings is 1. The van der Waals surface area contributed by atoms with Crippen LogP contribution >= 0.6 is 11.8 Å². The van der Waals surface area contributed by atoms with Gasteiger partial charge in [-0.1, -0.05) is 0 Å². The van der Waals surface area contributed by atoms with E-state index in [1.165, 1.54) is 35.8 Å². The monoisotopic (exact) mass is 312 g/mol. The molecule has 114 valence electrons. The van der Waals surface area contributed by atoms with Crippen molar-refractivity contribution in [1.29, 1.82) is 0 Å². The molecule has 0 aromatic heterocycles. The number of carboxylic acids is 1. The highest BCUT2D eigenvalue weighted by Crippen LogP contribution is 2.25. The summed E-state index contributed by atoms with van der Waals surface area (Å²) in [6, 6.07) is 4.38. The van der Waals surface area contributed by atoms with Crippen molar-refractivity contribution in [1.82, 2.24) is 4.90 Å². The van der Waals surface area contributed by atoms with Crippen molar-refractivity contribution in [2.75, 3.05) is 19.8 Å². The Balaban J connectivity index is 2.93. The summed E-state index contributed by atoms with van der Waals surface area (Å²) in [5.41, 5.74) is -0.229. The summed E-state index contributed by atoms with van der Waals surface area (Å²) in [4.78, 5) is 35.2. The maximum Gasteiger partial charge on any atom is 0.303 e. The van der Waals surface area contributed by atoms with Crippen LogP contribution in [-0.4, -0.2) is 46.7 Å². The first-order valence-corrected chi connectivity index (χ1v) is 7.39. The molecule has 1 N–H and O–H groups in total. The van der Waals surface area contributed by atoms with Gasteiger partial charge in [0.15, 0.2) is 0 Å². The number of carboxylic acid groups (broad SMARTS) is 1. The van der Waals surface area contributed by atoms with Crippen LogP contribution < -0.4 is 0 Å². The third kappa shape index (κ3) is 4.75. The Morgan fingerprint density at radius 2 is 2.10 bits per heavy atom. The van der Waals surface area contributed by atoms with E-state index in [4.69, 9.17) is 5.11 Å². The SMILES string of the molecule is CSc1ccc([N+](=O)[O-])c(C(=O)N(C)CCCC(=O)O)c1. The molecule has 1 amide bonds. The number of amides is 1. The predicted octanol–water partition coefficient (Wildman–Crippen LogP) is 2.25. The minimum Gasteiger partial charge on any atom is -0.481 e. The van der Waals surface area contributed by atoms with Gasteiger partial charge >= 0.3 is 5.97 Å². The van der Waals surface area contributed by atoms with E-state index in [0.29, 0.717) is 6.42 Å². The summed E-state index contributed by atoms with van der Waals surface area (Å²) in [5.74, 6) is -1.42. The van der Waals surface area contributed by atoms with E-state index in [1.54, 1.807) is 6.07 Å². The van der Waals surface area contributed by atoms with E-state index in [0.717, 1.165) is 4.90 Å². The molecule has 0 fully saturated rings. The first-order valence-electron chi connectivity index (χ1n) is 6.16. The van der Waals surface area contributed by atoms with E-state index in [1.807, 2.05) is 6.26 Å². The number of nitro groups is 1. The first-order chi connectivity index (χ1) is 9.86. The number of nitro benzene ring substituents is 1. The van der Waals surface area contributed by atoms with Crippen molar-refractivity contribution in [3.63, 3.8) is 0 Å². The standard InChI is InChI=1S/C13H16N2O5S/c1-14(7-3-4-12(16)17)13(18)10-8-9(21-2)5-6-11(10)15(19)20/h5-6,8H,3-4,7H2,1-2H3,(H,16,17). The summed E-state index contributed by atoms with van der Waals surface area (Å²) in [5, 5.41) is 19.6. The van der Waals surface area contributed by atoms with Crippen LogP contribution in [0.15, 0.2) is 23.1 Å². The molecule has 8 heteroatoms. The average Bonchev–Trinajstić information content (AvgIpc) is 2.45. The van der Waals surface area contributed by atoms with Gasteiger partial charge in [-0.15, -0.1) is 11.8 Å². The van der Waals surface area contributed by atoms with Gasteiger partial charge in [0.2, 0.25) is 0 Å². The molecule has 0 aliphatic rings. The Labute approximate surface area is 126 Å². The summed E-state index contributed by atoms with van der Waals surface area (Å²) in [6.45, 7) is 0.228. The van der Waals surface area contributed by atoms with Gasteiger partial charge in [0, 0.05) is 31.0 Å². The number of hydrogen-bond donors (Lipinski definition) is 1. The lowest BCUT2D eigenvalue weighted by Gasteiger charge is -2.17. The molecule has 0 saturated heterocycles. The van der Waals surface area contributed by atoms with Gasteiger partial charge < -0.3 is 10.0 Å². The minimum atomic E-state index is -0.939. The molecule has 0 heterocycles. The summed E-state index contributed by atoms with van der Waals surface area (Å²) < 4.78 is 0. The van der Waals surface area contributed by atoms with Crippen LogP contribution in [0.4, 0.5) is 5.69 Å². The zero-order valence-electron chi connectivity index (χ0n) is 11.7. The smallest absolute Gasteiger partial charge is 0.303 e. The van der Waals surface area contributed by atoms with Gasteiger partial charge in [-0.3, -0.25) is 19.7 Å². The lowest BCUT2D eigenvalue weighted by atomic mass is 10.1. The molecule has 0 unspecified atom stereocenters. The molecule has 21 heavy (non-hydrogen) atoms. The number of aliphatic carboxylic acids is 1. The number of carbonyl (C=O) groups is 2.